The fraction of sp³-hybridized carbons (Fsp3) is 0.367. The molecular weight excluding hydrogens is 436 g/mol. The number of rotatable bonds is 12. The molecule has 1 amide bonds. The van der Waals surface area contributed by atoms with Gasteiger partial charge in [-0.05, 0) is 91.4 Å². The normalized spacial score (nSPS) is 11.2. The predicted molar refractivity (Wildman–Crippen MR) is 144 cm³/mol. The van der Waals surface area contributed by atoms with E-state index in [0.29, 0.717) is 29.2 Å². The molecule has 35 heavy (non-hydrogen) atoms. The van der Waals surface area contributed by atoms with Crippen LogP contribution in [0.3, 0.4) is 0 Å². The third-order valence-electron chi connectivity index (χ3n) is 6.07. The molecular formula is C30H38N2O3. The molecule has 0 aliphatic carbocycles. The second-order valence-corrected chi connectivity index (χ2v) is 9.49. The smallest absolute Gasteiger partial charge is 0.255 e. The summed E-state index contributed by atoms with van der Waals surface area (Å²) in [4.78, 5) is 12.8. The Morgan fingerprint density at radius 1 is 0.857 bits per heavy atom. The SMILES string of the molecule is COc1ccc(NC(=O)c2ccc(Oc3ccccc3)cc2)cc1CCCNC(C(C)C)C(C)C. The van der Waals surface area contributed by atoms with Crippen molar-refractivity contribution in [3.63, 3.8) is 0 Å². The Balaban J connectivity index is 1.58. The first-order valence-electron chi connectivity index (χ1n) is 12.4. The van der Waals surface area contributed by atoms with E-state index in [1.165, 1.54) is 0 Å². The lowest BCUT2D eigenvalue weighted by molar-refractivity contribution is 0.102. The van der Waals surface area contributed by atoms with Crippen molar-refractivity contribution in [2.75, 3.05) is 19.0 Å². The topological polar surface area (TPSA) is 59.6 Å². The molecule has 0 aliphatic heterocycles. The van der Waals surface area contributed by atoms with Gasteiger partial charge in [-0.3, -0.25) is 4.79 Å². The summed E-state index contributed by atoms with van der Waals surface area (Å²) < 4.78 is 11.4. The van der Waals surface area contributed by atoms with Crippen LogP contribution >= 0.6 is 0 Å². The third kappa shape index (κ3) is 7.86. The molecule has 0 unspecified atom stereocenters. The summed E-state index contributed by atoms with van der Waals surface area (Å²) in [6.07, 6.45) is 1.86. The minimum atomic E-state index is -0.161. The molecule has 0 heterocycles. The number of ether oxygens (including phenoxy) is 2. The molecule has 3 rings (SSSR count). The van der Waals surface area contributed by atoms with Gasteiger partial charge in [-0.15, -0.1) is 0 Å². The van der Waals surface area contributed by atoms with Gasteiger partial charge in [-0.2, -0.15) is 0 Å². The number of anilines is 1. The van der Waals surface area contributed by atoms with Gasteiger partial charge >= 0.3 is 0 Å². The van der Waals surface area contributed by atoms with Crippen molar-refractivity contribution in [3.8, 4) is 17.2 Å². The first kappa shape index (κ1) is 26.3. The highest BCUT2D eigenvalue weighted by molar-refractivity contribution is 6.04. The lowest BCUT2D eigenvalue weighted by atomic mass is 9.93. The maximum absolute atomic E-state index is 12.8. The van der Waals surface area contributed by atoms with E-state index < -0.39 is 0 Å². The maximum Gasteiger partial charge on any atom is 0.255 e. The highest BCUT2D eigenvalue weighted by atomic mass is 16.5. The van der Waals surface area contributed by atoms with E-state index in [9.17, 15) is 4.79 Å². The summed E-state index contributed by atoms with van der Waals surface area (Å²) >= 11 is 0. The molecule has 5 nitrogen and oxygen atoms in total. The summed E-state index contributed by atoms with van der Waals surface area (Å²) in [7, 11) is 1.68. The lowest BCUT2D eigenvalue weighted by Gasteiger charge is -2.26. The van der Waals surface area contributed by atoms with E-state index in [0.717, 1.165) is 42.1 Å². The molecule has 0 fully saturated rings. The average molecular weight is 475 g/mol. The third-order valence-corrected chi connectivity index (χ3v) is 6.07. The standard InChI is InChI=1S/C30H38N2O3/c1-21(2)29(22(3)4)31-19-9-10-24-20-25(15-18-28(24)34-5)32-30(33)23-13-16-27(17-14-23)35-26-11-7-6-8-12-26/h6-8,11-18,20-22,29,31H,9-10,19H2,1-5H3,(H,32,33). The fourth-order valence-corrected chi connectivity index (χ4v) is 4.34. The van der Waals surface area contributed by atoms with Crippen LogP contribution in [0, 0.1) is 11.8 Å². The maximum atomic E-state index is 12.8. The van der Waals surface area contributed by atoms with Crippen LogP contribution in [0.25, 0.3) is 0 Å². The van der Waals surface area contributed by atoms with Gasteiger partial charge in [0.1, 0.15) is 17.2 Å². The summed E-state index contributed by atoms with van der Waals surface area (Å²) in [5.74, 6) is 3.32. The number of benzene rings is 3. The Bertz CT molecular complexity index is 1050. The molecule has 0 spiro atoms. The number of amides is 1. The Hall–Kier alpha value is -3.31. The zero-order valence-electron chi connectivity index (χ0n) is 21.5. The second-order valence-electron chi connectivity index (χ2n) is 9.49. The molecule has 0 atom stereocenters. The van der Waals surface area contributed by atoms with E-state index in [1.807, 2.05) is 48.5 Å². The van der Waals surface area contributed by atoms with Crippen LogP contribution in [0.4, 0.5) is 5.69 Å². The van der Waals surface area contributed by atoms with Crippen molar-refractivity contribution < 1.29 is 14.3 Å². The Labute approximate surface area is 209 Å². The number of methoxy groups -OCH3 is 1. The van der Waals surface area contributed by atoms with Gasteiger partial charge in [0.05, 0.1) is 7.11 Å². The highest BCUT2D eigenvalue weighted by Crippen LogP contribution is 2.25. The van der Waals surface area contributed by atoms with Crippen LogP contribution in [-0.2, 0) is 6.42 Å². The number of hydrogen-bond donors (Lipinski definition) is 2. The van der Waals surface area contributed by atoms with Gasteiger partial charge < -0.3 is 20.1 Å². The van der Waals surface area contributed by atoms with E-state index in [4.69, 9.17) is 9.47 Å². The first-order chi connectivity index (χ1) is 16.9. The largest absolute Gasteiger partial charge is 0.496 e. The Morgan fingerprint density at radius 2 is 1.51 bits per heavy atom. The van der Waals surface area contributed by atoms with Crippen molar-refractivity contribution in [1.29, 1.82) is 0 Å². The van der Waals surface area contributed by atoms with E-state index in [1.54, 1.807) is 31.4 Å². The minimum absolute atomic E-state index is 0.161. The van der Waals surface area contributed by atoms with Crippen molar-refractivity contribution >= 4 is 11.6 Å². The lowest BCUT2D eigenvalue weighted by Crippen LogP contribution is -2.38. The molecule has 0 aromatic heterocycles. The molecule has 0 aliphatic rings. The fourth-order valence-electron chi connectivity index (χ4n) is 4.34. The molecule has 186 valence electrons. The van der Waals surface area contributed by atoms with Gasteiger partial charge in [0.25, 0.3) is 5.91 Å². The van der Waals surface area contributed by atoms with Crippen molar-refractivity contribution in [1.82, 2.24) is 5.32 Å². The van der Waals surface area contributed by atoms with Crippen LogP contribution < -0.4 is 20.1 Å². The van der Waals surface area contributed by atoms with Gasteiger partial charge in [-0.25, -0.2) is 0 Å². The van der Waals surface area contributed by atoms with E-state index >= 15 is 0 Å². The van der Waals surface area contributed by atoms with Gasteiger partial charge in [0, 0.05) is 17.3 Å². The molecule has 2 N–H and O–H groups in total. The molecule has 3 aromatic carbocycles. The number of carbonyl (C=O) groups is 1. The minimum Gasteiger partial charge on any atom is -0.496 e. The summed E-state index contributed by atoms with van der Waals surface area (Å²) in [5.41, 5.74) is 2.41. The van der Waals surface area contributed by atoms with Crippen LogP contribution in [0.1, 0.15) is 50.0 Å². The number of nitrogens with one attached hydrogen (secondary N) is 2. The van der Waals surface area contributed by atoms with Gasteiger partial charge in [0.2, 0.25) is 0 Å². The number of aryl methyl sites for hydroxylation is 1. The summed E-state index contributed by atoms with van der Waals surface area (Å²) in [6.45, 7) is 9.99. The van der Waals surface area contributed by atoms with E-state index in [2.05, 4.69) is 38.3 Å². The van der Waals surface area contributed by atoms with Crippen LogP contribution in [0.5, 0.6) is 17.2 Å². The van der Waals surface area contributed by atoms with Gasteiger partial charge in [-0.1, -0.05) is 45.9 Å². The van der Waals surface area contributed by atoms with Crippen molar-refractivity contribution in [3.05, 3.63) is 83.9 Å². The molecule has 0 radical (unpaired) electrons. The summed E-state index contributed by atoms with van der Waals surface area (Å²) in [5, 5.41) is 6.70. The zero-order valence-corrected chi connectivity index (χ0v) is 21.5. The van der Waals surface area contributed by atoms with Crippen LogP contribution in [-0.4, -0.2) is 25.6 Å². The molecule has 5 heteroatoms. The average Bonchev–Trinajstić information content (AvgIpc) is 2.84. The number of hydrogen-bond acceptors (Lipinski definition) is 4. The van der Waals surface area contributed by atoms with E-state index in [-0.39, 0.29) is 5.91 Å². The molecule has 3 aromatic rings. The van der Waals surface area contributed by atoms with Gasteiger partial charge in [0.15, 0.2) is 0 Å². The Kier molecular flexibility index (Phi) is 9.74. The monoisotopic (exact) mass is 474 g/mol. The Morgan fingerprint density at radius 3 is 2.14 bits per heavy atom. The number of carbonyl (C=O) groups excluding carboxylic acids is 1. The number of para-hydroxylation sites is 1. The molecule has 0 saturated heterocycles. The van der Waals surface area contributed by atoms with Crippen LogP contribution in [0.2, 0.25) is 0 Å². The van der Waals surface area contributed by atoms with Crippen molar-refractivity contribution in [2.45, 2.75) is 46.6 Å². The second kappa shape index (κ2) is 13.0. The molecule has 0 saturated carbocycles. The highest BCUT2D eigenvalue weighted by Gasteiger charge is 2.16. The van der Waals surface area contributed by atoms with Crippen LogP contribution in [0.15, 0.2) is 72.8 Å². The van der Waals surface area contributed by atoms with Crippen molar-refractivity contribution in [2.24, 2.45) is 11.8 Å². The quantitative estimate of drug-likeness (QED) is 0.279. The zero-order chi connectivity index (χ0) is 25.2. The summed E-state index contributed by atoms with van der Waals surface area (Å²) in [6, 6.07) is 23.0. The predicted octanol–water partition coefficient (Wildman–Crippen LogP) is 6.94. The molecule has 0 bridgehead atoms. The first-order valence-corrected chi connectivity index (χ1v) is 12.4.